The van der Waals surface area contributed by atoms with Gasteiger partial charge < -0.3 is 5.11 Å². The van der Waals surface area contributed by atoms with E-state index in [1.165, 1.54) is 19.2 Å². The summed E-state index contributed by atoms with van der Waals surface area (Å²) in [4.78, 5) is 7.94. The molecule has 0 saturated heterocycles. The van der Waals surface area contributed by atoms with Crippen molar-refractivity contribution < 1.29 is 5.11 Å². The van der Waals surface area contributed by atoms with Crippen molar-refractivity contribution >= 4 is 0 Å². The molecule has 1 aromatic heterocycles. The molecule has 0 radical (unpaired) electrons. The second kappa shape index (κ2) is 6.12. The molecule has 102 valence electrons. The van der Waals surface area contributed by atoms with E-state index < -0.39 is 11.5 Å². The Morgan fingerprint density at radius 1 is 1.53 bits per heavy atom. The Hall–Kier alpha value is -1.47. The Balaban J connectivity index is 2.10. The van der Waals surface area contributed by atoms with Crippen LogP contribution in [0, 0.1) is 22.7 Å². The van der Waals surface area contributed by atoms with Crippen molar-refractivity contribution in [3.63, 3.8) is 0 Å². The Bertz CT molecular complexity index is 432. The molecule has 1 unspecified atom stereocenters. The van der Waals surface area contributed by atoms with Gasteiger partial charge in [-0.1, -0.05) is 19.8 Å². The molecule has 1 aliphatic carbocycles. The van der Waals surface area contributed by atoms with Gasteiger partial charge in [-0.2, -0.15) is 5.26 Å². The molecule has 0 amide bonds. The lowest BCUT2D eigenvalue weighted by Gasteiger charge is -2.37. The first-order chi connectivity index (χ1) is 9.22. The first kappa shape index (κ1) is 14.0. The minimum atomic E-state index is -0.803. The summed E-state index contributed by atoms with van der Waals surface area (Å²) in [7, 11) is 0. The van der Waals surface area contributed by atoms with Gasteiger partial charge in [0.2, 0.25) is 0 Å². The summed E-state index contributed by atoms with van der Waals surface area (Å²) in [5.41, 5.74) is -0.107. The number of hydrogen-bond acceptors (Lipinski definition) is 4. The first-order valence-electron chi connectivity index (χ1n) is 7.07. The van der Waals surface area contributed by atoms with Crippen molar-refractivity contribution in [3.8, 4) is 6.07 Å². The first-order valence-corrected chi connectivity index (χ1v) is 7.07. The van der Waals surface area contributed by atoms with E-state index in [0.29, 0.717) is 11.6 Å². The van der Waals surface area contributed by atoms with Crippen molar-refractivity contribution in [2.75, 3.05) is 0 Å². The van der Waals surface area contributed by atoms with Crippen LogP contribution in [0.4, 0.5) is 0 Å². The monoisotopic (exact) mass is 259 g/mol. The van der Waals surface area contributed by atoms with Crippen molar-refractivity contribution in [1.82, 2.24) is 9.97 Å². The van der Waals surface area contributed by atoms with Gasteiger partial charge in [0.15, 0.2) is 0 Å². The topological polar surface area (TPSA) is 69.8 Å². The van der Waals surface area contributed by atoms with E-state index in [-0.39, 0.29) is 0 Å². The summed E-state index contributed by atoms with van der Waals surface area (Å²) in [5, 5.41) is 20.0. The van der Waals surface area contributed by atoms with Crippen LogP contribution in [0.2, 0.25) is 0 Å². The summed E-state index contributed by atoms with van der Waals surface area (Å²) < 4.78 is 0. The lowest BCUT2D eigenvalue weighted by Crippen LogP contribution is -2.33. The second-order valence-corrected chi connectivity index (χ2v) is 5.54. The fourth-order valence-electron chi connectivity index (χ4n) is 3.08. The molecular formula is C15H21N3O. The minimum absolute atomic E-state index is 0.561. The molecule has 0 spiro atoms. The average Bonchev–Trinajstić information content (AvgIpc) is 2.49. The van der Waals surface area contributed by atoms with Gasteiger partial charge in [0, 0.05) is 6.20 Å². The average molecular weight is 259 g/mol. The fourth-order valence-corrected chi connectivity index (χ4v) is 3.08. The van der Waals surface area contributed by atoms with Gasteiger partial charge in [-0.15, -0.1) is 0 Å². The standard InChI is InChI=1S/C15H21N3O/c1-2-3-12-4-7-15(10-16,8-5-12)14(19)13-6-9-17-11-18-13/h6,9,11-12,14,19H,2-5,7-8H2,1H3. The van der Waals surface area contributed by atoms with Gasteiger partial charge in [-0.25, -0.2) is 9.97 Å². The van der Waals surface area contributed by atoms with E-state index in [4.69, 9.17) is 0 Å². The number of aliphatic hydroxyl groups is 1. The third-order valence-electron chi connectivity index (χ3n) is 4.33. The van der Waals surface area contributed by atoms with Gasteiger partial charge in [0.05, 0.1) is 17.2 Å². The summed E-state index contributed by atoms with van der Waals surface area (Å²) in [6.45, 7) is 2.20. The van der Waals surface area contributed by atoms with Crippen LogP contribution in [0.1, 0.15) is 57.2 Å². The fraction of sp³-hybridized carbons (Fsp3) is 0.667. The smallest absolute Gasteiger partial charge is 0.115 e. The Morgan fingerprint density at radius 3 is 2.79 bits per heavy atom. The molecule has 1 fully saturated rings. The molecule has 2 rings (SSSR count). The maximum atomic E-state index is 10.5. The number of rotatable bonds is 4. The molecule has 1 aromatic rings. The van der Waals surface area contributed by atoms with Crippen molar-refractivity contribution in [1.29, 1.82) is 5.26 Å². The van der Waals surface area contributed by atoms with Gasteiger partial charge in [0.25, 0.3) is 0 Å². The Morgan fingerprint density at radius 2 is 2.26 bits per heavy atom. The Labute approximate surface area is 114 Å². The third-order valence-corrected chi connectivity index (χ3v) is 4.33. The highest BCUT2D eigenvalue weighted by molar-refractivity contribution is 5.15. The zero-order chi connectivity index (χ0) is 13.7. The van der Waals surface area contributed by atoms with Crippen LogP contribution in [0.15, 0.2) is 18.6 Å². The lowest BCUT2D eigenvalue weighted by atomic mass is 9.67. The van der Waals surface area contributed by atoms with Crippen LogP contribution in [-0.4, -0.2) is 15.1 Å². The zero-order valence-electron chi connectivity index (χ0n) is 11.4. The maximum Gasteiger partial charge on any atom is 0.115 e. The molecule has 0 bridgehead atoms. The Kier molecular flexibility index (Phi) is 4.49. The molecule has 1 aliphatic rings. The van der Waals surface area contributed by atoms with Crippen molar-refractivity contribution in [2.24, 2.45) is 11.3 Å². The second-order valence-electron chi connectivity index (χ2n) is 5.54. The highest BCUT2D eigenvalue weighted by Crippen LogP contribution is 2.47. The van der Waals surface area contributed by atoms with E-state index in [1.807, 2.05) is 0 Å². The van der Waals surface area contributed by atoms with Gasteiger partial charge >= 0.3 is 0 Å². The molecule has 1 atom stereocenters. The van der Waals surface area contributed by atoms with Crippen molar-refractivity contribution in [3.05, 3.63) is 24.3 Å². The van der Waals surface area contributed by atoms with Crippen LogP contribution in [0.3, 0.4) is 0 Å². The van der Waals surface area contributed by atoms with E-state index in [1.54, 1.807) is 12.3 Å². The van der Waals surface area contributed by atoms with Crippen LogP contribution in [0.25, 0.3) is 0 Å². The molecule has 19 heavy (non-hydrogen) atoms. The number of aliphatic hydroxyl groups excluding tert-OH is 1. The summed E-state index contributed by atoms with van der Waals surface area (Å²) in [6, 6.07) is 4.06. The molecule has 0 aliphatic heterocycles. The lowest BCUT2D eigenvalue weighted by molar-refractivity contribution is 0.0206. The van der Waals surface area contributed by atoms with Crippen LogP contribution >= 0.6 is 0 Å². The third kappa shape index (κ3) is 2.93. The zero-order valence-corrected chi connectivity index (χ0v) is 11.4. The van der Waals surface area contributed by atoms with Crippen LogP contribution < -0.4 is 0 Å². The van der Waals surface area contributed by atoms with Gasteiger partial charge in [0.1, 0.15) is 12.4 Å². The predicted molar refractivity (Wildman–Crippen MR) is 71.9 cm³/mol. The summed E-state index contributed by atoms with van der Waals surface area (Å²) in [6.07, 6.45) is 8.24. The van der Waals surface area contributed by atoms with Gasteiger partial charge in [-0.3, -0.25) is 0 Å². The van der Waals surface area contributed by atoms with Gasteiger partial charge in [-0.05, 0) is 37.7 Å². The van der Waals surface area contributed by atoms with E-state index in [0.717, 1.165) is 25.7 Å². The van der Waals surface area contributed by atoms with E-state index >= 15 is 0 Å². The quantitative estimate of drug-likeness (QED) is 0.902. The number of nitrogens with zero attached hydrogens (tertiary/aromatic N) is 3. The normalized spacial score (nSPS) is 28.6. The summed E-state index contributed by atoms with van der Waals surface area (Å²) in [5.74, 6) is 0.712. The molecule has 1 heterocycles. The molecule has 4 nitrogen and oxygen atoms in total. The molecule has 1 saturated carbocycles. The highest BCUT2D eigenvalue weighted by Gasteiger charge is 2.42. The number of hydrogen-bond donors (Lipinski definition) is 1. The summed E-state index contributed by atoms with van der Waals surface area (Å²) >= 11 is 0. The van der Waals surface area contributed by atoms with Crippen LogP contribution in [0.5, 0.6) is 0 Å². The van der Waals surface area contributed by atoms with Crippen molar-refractivity contribution in [2.45, 2.75) is 51.6 Å². The predicted octanol–water partition coefficient (Wildman–Crippen LogP) is 3.01. The molecule has 1 N–H and O–H groups in total. The minimum Gasteiger partial charge on any atom is -0.385 e. The SMILES string of the molecule is CCCC1CCC(C#N)(C(O)c2ccncn2)CC1. The molecular weight excluding hydrogens is 238 g/mol. The molecule has 0 aromatic carbocycles. The largest absolute Gasteiger partial charge is 0.385 e. The molecule has 4 heteroatoms. The number of nitriles is 1. The van der Waals surface area contributed by atoms with Crippen LogP contribution in [-0.2, 0) is 0 Å². The van der Waals surface area contributed by atoms with E-state index in [9.17, 15) is 10.4 Å². The number of aromatic nitrogens is 2. The van der Waals surface area contributed by atoms with E-state index in [2.05, 4.69) is 23.0 Å². The maximum absolute atomic E-state index is 10.5. The highest BCUT2D eigenvalue weighted by atomic mass is 16.3.